The zero-order chi connectivity index (χ0) is 21.0. The first-order valence-corrected chi connectivity index (χ1v) is 11.7. The van der Waals surface area contributed by atoms with Crippen molar-refractivity contribution >= 4 is 32.3 Å². The van der Waals surface area contributed by atoms with E-state index >= 15 is 0 Å². The highest BCUT2D eigenvalue weighted by atomic mass is 32.2. The fourth-order valence-electron chi connectivity index (χ4n) is 3.36. The van der Waals surface area contributed by atoms with Crippen molar-refractivity contribution in [1.82, 2.24) is 9.21 Å². The van der Waals surface area contributed by atoms with E-state index in [1.165, 1.54) is 15.6 Å². The number of carbonyl (C=O) groups excluding carboxylic acids is 1. The van der Waals surface area contributed by atoms with E-state index in [4.69, 9.17) is 5.26 Å². The highest BCUT2D eigenvalue weighted by Crippen LogP contribution is 2.23. The summed E-state index contributed by atoms with van der Waals surface area (Å²) >= 11 is 1.33. The predicted octanol–water partition coefficient (Wildman–Crippen LogP) is 2.57. The number of amides is 1. The molecule has 0 saturated carbocycles. The molecule has 0 spiro atoms. The van der Waals surface area contributed by atoms with E-state index in [0.29, 0.717) is 54.6 Å². The topological polar surface area (TPSA) is 93.5 Å². The summed E-state index contributed by atoms with van der Waals surface area (Å²) in [6.45, 7) is 6.29. The van der Waals surface area contributed by atoms with Gasteiger partial charge < -0.3 is 10.2 Å². The quantitative estimate of drug-likeness (QED) is 0.757. The number of anilines is 1. The molecule has 0 bridgehead atoms. The molecule has 0 radical (unpaired) electrons. The minimum Gasteiger partial charge on any atom is -0.317 e. The van der Waals surface area contributed by atoms with Crippen LogP contribution in [0.5, 0.6) is 0 Å². The SMILES string of the molecule is Cc1ccc(S(=O)(=O)N2CCN(CCC(=O)Nc3sccc3C#N)CC2)c(C)c1. The molecule has 154 valence electrons. The molecule has 1 aliphatic heterocycles. The molecule has 7 nitrogen and oxygen atoms in total. The van der Waals surface area contributed by atoms with Gasteiger partial charge in [-0.15, -0.1) is 11.3 Å². The van der Waals surface area contributed by atoms with Crippen molar-refractivity contribution in [3.63, 3.8) is 0 Å². The summed E-state index contributed by atoms with van der Waals surface area (Å²) in [6.07, 6.45) is 0.298. The Morgan fingerprint density at radius 2 is 1.93 bits per heavy atom. The van der Waals surface area contributed by atoms with Crippen molar-refractivity contribution in [2.24, 2.45) is 0 Å². The molecular formula is C20H24N4O3S2. The maximum absolute atomic E-state index is 12.9. The van der Waals surface area contributed by atoms with Gasteiger partial charge in [0.25, 0.3) is 0 Å². The second-order valence-corrected chi connectivity index (χ2v) is 9.91. The fraction of sp³-hybridized carbons (Fsp3) is 0.400. The van der Waals surface area contributed by atoms with Crippen LogP contribution in [0.4, 0.5) is 5.00 Å². The number of sulfonamides is 1. The van der Waals surface area contributed by atoms with Crippen LogP contribution in [0.1, 0.15) is 23.1 Å². The molecule has 0 aliphatic carbocycles. The third-order valence-corrected chi connectivity index (χ3v) is 7.86. The Morgan fingerprint density at radius 3 is 2.59 bits per heavy atom. The number of aryl methyl sites for hydroxylation is 2. The molecule has 29 heavy (non-hydrogen) atoms. The van der Waals surface area contributed by atoms with Gasteiger partial charge in [0, 0.05) is 39.1 Å². The average molecular weight is 433 g/mol. The number of hydrogen-bond acceptors (Lipinski definition) is 6. The Hall–Kier alpha value is -2.25. The molecule has 1 saturated heterocycles. The smallest absolute Gasteiger partial charge is 0.243 e. The van der Waals surface area contributed by atoms with E-state index in [-0.39, 0.29) is 5.91 Å². The number of nitriles is 1. The van der Waals surface area contributed by atoms with Crippen LogP contribution in [0.15, 0.2) is 34.5 Å². The van der Waals surface area contributed by atoms with Gasteiger partial charge in [0.15, 0.2) is 0 Å². The van der Waals surface area contributed by atoms with Crippen molar-refractivity contribution in [3.8, 4) is 6.07 Å². The van der Waals surface area contributed by atoms with Gasteiger partial charge in [-0.1, -0.05) is 17.7 Å². The van der Waals surface area contributed by atoms with Gasteiger partial charge in [0.05, 0.1) is 10.5 Å². The van der Waals surface area contributed by atoms with Crippen LogP contribution in [0.25, 0.3) is 0 Å². The highest BCUT2D eigenvalue weighted by Gasteiger charge is 2.29. The third kappa shape index (κ3) is 5.03. The van der Waals surface area contributed by atoms with Crippen molar-refractivity contribution in [2.45, 2.75) is 25.2 Å². The number of hydrogen-bond donors (Lipinski definition) is 1. The van der Waals surface area contributed by atoms with E-state index in [1.54, 1.807) is 17.5 Å². The second-order valence-electron chi connectivity index (χ2n) is 7.09. The van der Waals surface area contributed by atoms with Gasteiger partial charge in [-0.05, 0) is 36.9 Å². The summed E-state index contributed by atoms with van der Waals surface area (Å²) in [5.41, 5.74) is 2.26. The lowest BCUT2D eigenvalue weighted by molar-refractivity contribution is -0.116. The zero-order valence-corrected chi connectivity index (χ0v) is 18.1. The summed E-state index contributed by atoms with van der Waals surface area (Å²) in [5.74, 6) is -0.144. The van der Waals surface area contributed by atoms with Gasteiger partial charge in [-0.2, -0.15) is 9.57 Å². The van der Waals surface area contributed by atoms with Crippen LogP contribution in [-0.4, -0.2) is 56.3 Å². The number of carbonyl (C=O) groups is 1. The van der Waals surface area contributed by atoms with E-state index in [0.717, 1.165) is 11.1 Å². The second kappa shape index (κ2) is 9.05. The van der Waals surface area contributed by atoms with E-state index in [9.17, 15) is 13.2 Å². The van der Waals surface area contributed by atoms with Gasteiger partial charge in [0.1, 0.15) is 11.1 Å². The van der Waals surface area contributed by atoms with Gasteiger partial charge in [0.2, 0.25) is 15.9 Å². The van der Waals surface area contributed by atoms with E-state index < -0.39 is 10.0 Å². The van der Waals surface area contributed by atoms with Crippen molar-refractivity contribution in [2.75, 3.05) is 38.0 Å². The number of benzene rings is 1. The minimum atomic E-state index is -3.51. The molecule has 0 atom stereocenters. The molecule has 1 aromatic carbocycles. The first-order valence-electron chi connectivity index (χ1n) is 9.38. The molecular weight excluding hydrogens is 408 g/mol. The molecule has 0 unspecified atom stereocenters. The summed E-state index contributed by atoms with van der Waals surface area (Å²) < 4.78 is 27.4. The standard InChI is InChI=1S/C20H24N4O3S2/c1-15-3-4-18(16(2)13-15)29(26,27)24-10-8-23(9-11-24)7-5-19(25)22-20-17(14-21)6-12-28-20/h3-4,6,12-13H,5,7-11H2,1-2H3,(H,22,25). The van der Waals surface area contributed by atoms with Crippen molar-refractivity contribution < 1.29 is 13.2 Å². The Labute approximate surface area is 175 Å². The Morgan fingerprint density at radius 1 is 1.21 bits per heavy atom. The molecule has 1 aromatic heterocycles. The Balaban J connectivity index is 1.51. The largest absolute Gasteiger partial charge is 0.317 e. The molecule has 1 amide bonds. The van der Waals surface area contributed by atoms with Gasteiger partial charge in [-0.3, -0.25) is 4.79 Å². The molecule has 2 aromatic rings. The lowest BCUT2D eigenvalue weighted by Gasteiger charge is -2.34. The summed E-state index contributed by atoms with van der Waals surface area (Å²) in [6, 6.07) is 9.10. The van der Waals surface area contributed by atoms with Crippen LogP contribution in [0, 0.1) is 25.2 Å². The number of thiophene rings is 1. The van der Waals surface area contributed by atoms with Crippen molar-refractivity contribution in [1.29, 1.82) is 5.26 Å². The normalized spacial score (nSPS) is 15.8. The summed E-state index contributed by atoms with van der Waals surface area (Å²) in [7, 11) is -3.51. The van der Waals surface area contributed by atoms with Gasteiger partial charge >= 0.3 is 0 Å². The van der Waals surface area contributed by atoms with Crippen LogP contribution in [0.2, 0.25) is 0 Å². The lowest BCUT2D eigenvalue weighted by Crippen LogP contribution is -2.49. The number of nitrogens with one attached hydrogen (secondary N) is 1. The Bertz CT molecular complexity index is 1030. The van der Waals surface area contributed by atoms with Crippen LogP contribution in [0.3, 0.4) is 0 Å². The molecule has 1 aliphatic rings. The number of nitrogens with zero attached hydrogens (tertiary/aromatic N) is 3. The maximum Gasteiger partial charge on any atom is 0.243 e. The van der Waals surface area contributed by atoms with E-state index in [1.807, 2.05) is 32.0 Å². The summed E-state index contributed by atoms with van der Waals surface area (Å²) in [5, 5.41) is 14.1. The third-order valence-electron chi connectivity index (χ3n) is 4.97. The van der Waals surface area contributed by atoms with Gasteiger partial charge in [-0.25, -0.2) is 8.42 Å². The first-order chi connectivity index (χ1) is 13.8. The average Bonchev–Trinajstić information content (AvgIpc) is 3.13. The monoisotopic (exact) mass is 432 g/mol. The van der Waals surface area contributed by atoms with E-state index in [2.05, 4.69) is 10.2 Å². The summed E-state index contributed by atoms with van der Waals surface area (Å²) in [4.78, 5) is 14.6. The molecule has 1 fully saturated rings. The van der Waals surface area contributed by atoms with Crippen molar-refractivity contribution in [3.05, 3.63) is 46.3 Å². The zero-order valence-electron chi connectivity index (χ0n) is 16.5. The first kappa shape index (κ1) is 21.5. The predicted molar refractivity (Wildman–Crippen MR) is 113 cm³/mol. The Kier molecular flexibility index (Phi) is 6.70. The maximum atomic E-state index is 12.9. The lowest BCUT2D eigenvalue weighted by atomic mass is 10.2. The molecule has 2 heterocycles. The minimum absolute atomic E-state index is 0.144. The molecule has 3 rings (SSSR count). The fourth-order valence-corrected chi connectivity index (χ4v) is 5.75. The number of piperazine rings is 1. The van der Waals surface area contributed by atoms with Crippen LogP contribution >= 0.6 is 11.3 Å². The number of rotatable bonds is 6. The van der Waals surface area contributed by atoms with Crippen LogP contribution < -0.4 is 5.32 Å². The molecule has 9 heteroatoms. The molecule has 1 N–H and O–H groups in total. The van der Waals surface area contributed by atoms with Crippen LogP contribution in [-0.2, 0) is 14.8 Å². The highest BCUT2D eigenvalue weighted by molar-refractivity contribution is 7.89.